The van der Waals surface area contributed by atoms with E-state index in [2.05, 4.69) is 0 Å². The van der Waals surface area contributed by atoms with Gasteiger partial charge in [0.25, 0.3) is 5.91 Å². The summed E-state index contributed by atoms with van der Waals surface area (Å²) < 4.78 is 5.12. The predicted molar refractivity (Wildman–Crippen MR) is 58.2 cm³/mol. The molecule has 1 saturated heterocycles. The zero-order valence-electron chi connectivity index (χ0n) is 8.70. The molecule has 0 aliphatic carbocycles. The molecule has 1 fully saturated rings. The molecule has 1 aromatic rings. The third-order valence-electron chi connectivity index (χ3n) is 2.88. The number of alkyl halides is 1. The van der Waals surface area contributed by atoms with Gasteiger partial charge in [-0.15, -0.1) is 11.6 Å². The van der Waals surface area contributed by atoms with Crippen molar-refractivity contribution in [3.05, 3.63) is 23.7 Å². The van der Waals surface area contributed by atoms with Crippen molar-refractivity contribution >= 4 is 17.5 Å². The maximum Gasteiger partial charge on any atom is 0.257 e. The summed E-state index contributed by atoms with van der Waals surface area (Å²) in [6.45, 7) is 3.39. The number of hydrogen-bond acceptors (Lipinski definition) is 2. The van der Waals surface area contributed by atoms with E-state index < -0.39 is 0 Å². The second-order valence-corrected chi connectivity index (χ2v) is 4.26. The molecule has 0 aromatic carbocycles. The fourth-order valence-corrected chi connectivity index (χ4v) is 2.17. The average Bonchev–Trinajstić information content (AvgIpc) is 2.84. The van der Waals surface area contributed by atoms with Crippen molar-refractivity contribution in [1.82, 2.24) is 4.90 Å². The summed E-state index contributed by atoms with van der Waals surface area (Å²) in [5.41, 5.74) is 0.672. The highest BCUT2D eigenvalue weighted by Gasteiger charge is 2.27. The highest BCUT2D eigenvalue weighted by Crippen LogP contribution is 2.21. The zero-order chi connectivity index (χ0) is 10.8. The molecule has 0 radical (unpaired) electrons. The molecule has 0 saturated carbocycles. The lowest BCUT2D eigenvalue weighted by atomic mass is 10.2. The number of nitrogens with zero attached hydrogens (tertiary/aromatic N) is 1. The van der Waals surface area contributed by atoms with Crippen molar-refractivity contribution in [2.75, 3.05) is 19.0 Å². The average molecular weight is 228 g/mol. The molecule has 1 amide bonds. The van der Waals surface area contributed by atoms with Crippen LogP contribution < -0.4 is 0 Å². The number of aryl methyl sites for hydroxylation is 1. The highest BCUT2D eigenvalue weighted by molar-refractivity contribution is 6.18. The smallest absolute Gasteiger partial charge is 0.257 e. The van der Waals surface area contributed by atoms with Crippen LogP contribution in [0.25, 0.3) is 0 Å². The molecule has 3 nitrogen and oxygen atoms in total. The Morgan fingerprint density at radius 3 is 3.07 bits per heavy atom. The van der Waals surface area contributed by atoms with Gasteiger partial charge in [0, 0.05) is 19.0 Å². The van der Waals surface area contributed by atoms with E-state index in [0.29, 0.717) is 23.1 Å². The quantitative estimate of drug-likeness (QED) is 0.727. The van der Waals surface area contributed by atoms with Crippen molar-refractivity contribution < 1.29 is 9.21 Å². The third kappa shape index (κ3) is 2.02. The van der Waals surface area contributed by atoms with E-state index in [9.17, 15) is 4.79 Å². The topological polar surface area (TPSA) is 33.5 Å². The lowest BCUT2D eigenvalue weighted by Gasteiger charge is -2.15. The first kappa shape index (κ1) is 10.6. The zero-order valence-corrected chi connectivity index (χ0v) is 9.46. The minimum atomic E-state index is 0.0638. The molecular formula is C11H14ClNO2. The fraction of sp³-hybridized carbons (Fsp3) is 0.545. The van der Waals surface area contributed by atoms with Crippen LogP contribution in [0.4, 0.5) is 0 Å². The van der Waals surface area contributed by atoms with Gasteiger partial charge in [0.2, 0.25) is 0 Å². The Morgan fingerprint density at radius 1 is 1.73 bits per heavy atom. The minimum Gasteiger partial charge on any atom is -0.469 e. The molecule has 2 heterocycles. The van der Waals surface area contributed by atoms with Gasteiger partial charge in [-0.3, -0.25) is 4.79 Å². The molecule has 0 bridgehead atoms. The van der Waals surface area contributed by atoms with E-state index in [0.717, 1.165) is 19.5 Å². The van der Waals surface area contributed by atoms with Crippen molar-refractivity contribution in [2.24, 2.45) is 5.92 Å². The summed E-state index contributed by atoms with van der Waals surface area (Å²) in [6, 6.07) is 1.73. The van der Waals surface area contributed by atoms with Gasteiger partial charge in [0.1, 0.15) is 5.76 Å². The van der Waals surface area contributed by atoms with E-state index in [4.69, 9.17) is 16.0 Å². The van der Waals surface area contributed by atoms with Crippen LogP contribution >= 0.6 is 11.6 Å². The molecule has 2 rings (SSSR count). The number of hydrogen-bond donors (Lipinski definition) is 0. The van der Waals surface area contributed by atoms with Crippen LogP contribution in [0, 0.1) is 12.8 Å². The van der Waals surface area contributed by atoms with Gasteiger partial charge >= 0.3 is 0 Å². The van der Waals surface area contributed by atoms with Gasteiger partial charge in [-0.05, 0) is 25.3 Å². The normalized spacial score (nSPS) is 20.9. The van der Waals surface area contributed by atoms with Gasteiger partial charge in [-0.1, -0.05) is 0 Å². The molecule has 1 unspecified atom stereocenters. The maximum atomic E-state index is 12.0. The van der Waals surface area contributed by atoms with Gasteiger partial charge in [0.15, 0.2) is 0 Å². The highest BCUT2D eigenvalue weighted by atomic mass is 35.5. The predicted octanol–water partition coefficient (Wildman–Crippen LogP) is 2.29. The minimum absolute atomic E-state index is 0.0638. The molecule has 15 heavy (non-hydrogen) atoms. The third-order valence-corrected chi connectivity index (χ3v) is 3.32. The van der Waals surface area contributed by atoms with Gasteiger partial charge < -0.3 is 9.32 Å². The molecule has 1 aromatic heterocycles. The first-order chi connectivity index (χ1) is 7.22. The van der Waals surface area contributed by atoms with Crippen molar-refractivity contribution in [1.29, 1.82) is 0 Å². The van der Waals surface area contributed by atoms with E-state index >= 15 is 0 Å². The first-order valence-electron chi connectivity index (χ1n) is 5.11. The molecule has 4 heteroatoms. The van der Waals surface area contributed by atoms with E-state index in [1.807, 2.05) is 11.8 Å². The largest absolute Gasteiger partial charge is 0.469 e. The van der Waals surface area contributed by atoms with Crippen LogP contribution in [0.1, 0.15) is 22.5 Å². The summed E-state index contributed by atoms with van der Waals surface area (Å²) in [5.74, 6) is 1.83. The summed E-state index contributed by atoms with van der Waals surface area (Å²) in [6.07, 6.45) is 2.56. The molecule has 82 valence electrons. The Bertz CT molecular complexity index is 361. The second kappa shape index (κ2) is 4.27. The number of amides is 1. The van der Waals surface area contributed by atoms with Gasteiger partial charge in [0.05, 0.1) is 11.8 Å². The molecular weight excluding hydrogens is 214 g/mol. The summed E-state index contributed by atoms with van der Waals surface area (Å²) in [7, 11) is 0. The van der Waals surface area contributed by atoms with Crippen molar-refractivity contribution in [2.45, 2.75) is 13.3 Å². The Balaban J connectivity index is 2.07. The van der Waals surface area contributed by atoms with Crippen LogP contribution in [-0.2, 0) is 0 Å². The summed E-state index contributed by atoms with van der Waals surface area (Å²) >= 11 is 5.78. The van der Waals surface area contributed by atoms with E-state index in [1.54, 1.807) is 12.3 Å². The van der Waals surface area contributed by atoms with Crippen LogP contribution in [0.2, 0.25) is 0 Å². The van der Waals surface area contributed by atoms with Crippen LogP contribution in [-0.4, -0.2) is 29.8 Å². The molecule has 1 atom stereocenters. The van der Waals surface area contributed by atoms with E-state index in [-0.39, 0.29) is 5.91 Å². The van der Waals surface area contributed by atoms with E-state index in [1.165, 1.54) is 0 Å². The number of carbonyl (C=O) groups is 1. The Morgan fingerprint density at radius 2 is 2.53 bits per heavy atom. The number of furan rings is 1. The van der Waals surface area contributed by atoms with Crippen LogP contribution in [0.15, 0.2) is 16.7 Å². The fourth-order valence-electron chi connectivity index (χ4n) is 1.92. The van der Waals surface area contributed by atoms with Crippen LogP contribution in [0.3, 0.4) is 0 Å². The first-order valence-corrected chi connectivity index (χ1v) is 5.65. The molecule has 0 N–H and O–H groups in total. The van der Waals surface area contributed by atoms with Crippen molar-refractivity contribution in [3.8, 4) is 0 Å². The van der Waals surface area contributed by atoms with Crippen LogP contribution in [0.5, 0.6) is 0 Å². The maximum absolute atomic E-state index is 12.0. The van der Waals surface area contributed by atoms with Crippen molar-refractivity contribution in [3.63, 3.8) is 0 Å². The second-order valence-electron chi connectivity index (χ2n) is 3.95. The number of rotatable bonds is 2. The summed E-state index contributed by atoms with van der Waals surface area (Å²) in [4.78, 5) is 13.9. The Labute approximate surface area is 94.0 Å². The molecule has 0 spiro atoms. The lowest BCUT2D eigenvalue weighted by molar-refractivity contribution is 0.0786. The number of halogens is 1. The Kier molecular flexibility index (Phi) is 3.00. The number of carbonyl (C=O) groups excluding carboxylic acids is 1. The lowest BCUT2D eigenvalue weighted by Crippen LogP contribution is -2.29. The SMILES string of the molecule is Cc1occc1C(=O)N1CCC(CCl)C1. The number of likely N-dealkylation sites (tertiary alicyclic amines) is 1. The molecule has 1 aliphatic rings. The monoisotopic (exact) mass is 227 g/mol. The molecule has 1 aliphatic heterocycles. The van der Waals surface area contributed by atoms with Gasteiger partial charge in [-0.2, -0.15) is 0 Å². The van der Waals surface area contributed by atoms with Gasteiger partial charge in [-0.25, -0.2) is 0 Å². The summed E-state index contributed by atoms with van der Waals surface area (Å²) in [5, 5.41) is 0. The standard InChI is InChI=1S/C11H14ClNO2/c1-8-10(3-5-15-8)11(14)13-4-2-9(6-12)7-13/h3,5,9H,2,4,6-7H2,1H3. The Hall–Kier alpha value is -0.960.